The van der Waals surface area contributed by atoms with Crippen LogP contribution in [-0.2, 0) is 34.5 Å². The van der Waals surface area contributed by atoms with Crippen molar-refractivity contribution in [3.05, 3.63) is 226 Å². The van der Waals surface area contributed by atoms with Crippen molar-refractivity contribution in [3.8, 4) is 22.3 Å². The number of hydrogen-bond donors (Lipinski definition) is 0. The standard InChI is InChI=1S/C53H42P2.2C2H4O2.Ru/c1-35-19-27-39(28-20-35)54(40-29-21-36(2)22-30-40)49-17-9-13-45-43-11-5-7-15-47(43)53(51(45)49)48-16-8-6-12-44(48)46-14-10-18-50(52(46)53)55(41-31-23-37(3)24-32-41)42-33-25-38(4)26-34-42;2*1-2(3)4;/h5-34H,1-4H3;2*1H3,(H,3,4);/q;;;+2/p-2. The van der Waals surface area contributed by atoms with Gasteiger partial charge in [-0.2, -0.15) is 0 Å². The van der Waals surface area contributed by atoms with E-state index in [0.717, 1.165) is 13.8 Å². The maximum Gasteiger partial charge on any atom is 2.00 e. The molecule has 0 saturated heterocycles. The minimum absolute atomic E-state index is 0. The van der Waals surface area contributed by atoms with Crippen molar-refractivity contribution in [1.82, 2.24) is 0 Å². The van der Waals surface area contributed by atoms with Crippen LogP contribution in [0.25, 0.3) is 22.3 Å². The van der Waals surface area contributed by atoms with Gasteiger partial charge in [-0.15, -0.1) is 0 Å². The molecule has 0 aromatic heterocycles. The van der Waals surface area contributed by atoms with Crippen molar-refractivity contribution in [1.29, 1.82) is 0 Å². The Hall–Kier alpha value is -5.82. The van der Waals surface area contributed by atoms with Gasteiger partial charge in [0, 0.05) is 11.9 Å². The number of carboxylic acids is 2. The number of aryl methyl sites for hydroxylation is 4. The van der Waals surface area contributed by atoms with E-state index >= 15 is 0 Å². The molecule has 0 atom stereocenters. The van der Waals surface area contributed by atoms with Crippen LogP contribution in [0.15, 0.2) is 182 Å². The number of carbonyl (C=O) groups excluding carboxylic acids is 2. The average Bonchev–Trinajstić information content (AvgIpc) is 3.74. The maximum absolute atomic E-state index is 8.89. The summed E-state index contributed by atoms with van der Waals surface area (Å²) in [5, 5.41) is 26.2. The van der Waals surface area contributed by atoms with Crippen molar-refractivity contribution < 1.29 is 39.3 Å². The SMILES string of the molecule is CC(=O)[O-].CC(=O)[O-].Cc1ccc(P(c2ccc(C)cc2)c2cccc3c2C2(c4ccccc4-3)c3ccccc3-c3cccc(P(c4ccc(C)cc4)c4ccc(C)cc4)c32)cc1.[Ru+2]. The van der Waals surface area contributed by atoms with E-state index in [-0.39, 0.29) is 19.5 Å². The van der Waals surface area contributed by atoms with Gasteiger partial charge in [0.15, 0.2) is 0 Å². The molecule has 1 spiro atoms. The molecule has 0 bridgehead atoms. The minimum Gasteiger partial charge on any atom is -0.550 e. The van der Waals surface area contributed by atoms with E-state index in [1.165, 1.54) is 98.6 Å². The van der Waals surface area contributed by atoms with Gasteiger partial charge in [-0.25, -0.2) is 0 Å². The number of fused-ring (bicyclic) bond motifs is 10. The van der Waals surface area contributed by atoms with E-state index < -0.39 is 33.2 Å². The number of aliphatic carboxylic acids is 2. The van der Waals surface area contributed by atoms with Crippen LogP contribution in [0.4, 0.5) is 0 Å². The zero-order valence-electron chi connectivity index (χ0n) is 36.7. The molecule has 0 fully saturated rings. The Morgan fingerprint density at radius 3 is 0.906 bits per heavy atom. The fraction of sp³-hybridized carbons (Fsp3) is 0.123. The topological polar surface area (TPSA) is 80.3 Å². The second-order valence-electron chi connectivity index (χ2n) is 16.2. The molecule has 0 N–H and O–H groups in total. The summed E-state index contributed by atoms with van der Waals surface area (Å²) in [6.07, 6.45) is 0. The van der Waals surface area contributed by atoms with Gasteiger partial charge in [0.05, 0.1) is 5.41 Å². The molecule has 8 aromatic rings. The molecule has 64 heavy (non-hydrogen) atoms. The van der Waals surface area contributed by atoms with Crippen LogP contribution in [0, 0.1) is 27.7 Å². The fourth-order valence-electron chi connectivity index (χ4n) is 9.22. The van der Waals surface area contributed by atoms with Crippen LogP contribution in [0.1, 0.15) is 58.4 Å². The van der Waals surface area contributed by atoms with Crippen LogP contribution in [0.5, 0.6) is 0 Å². The predicted molar refractivity (Wildman–Crippen MR) is 260 cm³/mol. The monoisotopic (exact) mass is 960 g/mol. The third-order valence-corrected chi connectivity index (χ3v) is 16.7. The molecule has 318 valence electrons. The zero-order valence-corrected chi connectivity index (χ0v) is 40.2. The molecule has 2 aliphatic carbocycles. The fourth-order valence-corrected chi connectivity index (χ4v) is 14.2. The van der Waals surface area contributed by atoms with Gasteiger partial charge < -0.3 is 19.8 Å². The van der Waals surface area contributed by atoms with Crippen LogP contribution >= 0.6 is 15.8 Å². The van der Waals surface area contributed by atoms with Crippen molar-refractivity contribution in [3.63, 3.8) is 0 Å². The third-order valence-electron chi connectivity index (χ3n) is 11.7. The van der Waals surface area contributed by atoms with Crippen molar-refractivity contribution in [2.24, 2.45) is 0 Å². The zero-order chi connectivity index (χ0) is 44.4. The van der Waals surface area contributed by atoms with Crippen LogP contribution in [-0.4, -0.2) is 11.9 Å². The Kier molecular flexibility index (Phi) is 14.1. The first-order valence-electron chi connectivity index (χ1n) is 21.1. The summed E-state index contributed by atoms with van der Waals surface area (Å²) in [7, 11) is -1.82. The number of benzene rings is 8. The predicted octanol–water partition coefficient (Wildman–Crippen LogP) is 8.29. The number of rotatable bonds is 6. The van der Waals surface area contributed by atoms with Crippen LogP contribution in [0.2, 0.25) is 0 Å². The van der Waals surface area contributed by atoms with Gasteiger partial charge in [0.1, 0.15) is 0 Å². The molecule has 4 nitrogen and oxygen atoms in total. The summed E-state index contributed by atoms with van der Waals surface area (Å²) in [6.45, 7) is 10.7. The molecule has 0 amide bonds. The molecule has 10 rings (SSSR count). The molecule has 0 aliphatic heterocycles. The van der Waals surface area contributed by atoms with E-state index in [1.807, 2.05) is 0 Å². The second-order valence-corrected chi connectivity index (χ2v) is 20.6. The number of hydrogen-bond acceptors (Lipinski definition) is 4. The first-order chi connectivity index (χ1) is 30.4. The van der Waals surface area contributed by atoms with Gasteiger partial charge in [-0.05, 0) is 134 Å². The Balaban J connectivity index is 0.000000631. The van der Waals surface area contributed by atoms with E-state index in [4.69, 9.17) is 19.8 Å². The maximum atomic E-state index is 8.89. The molecule has 0 unspecified atom stereocenters. The van der Waals surface area contributed by atoms with Gasteiger partial charge in [0.25, 0.3) is 0 Å². The summed E-state index contributed by atoms with van der Waals surface area (Å²) >= 11 is 0. The Bertz CT molecular complexity index is 2660. The molecule has 0 radical (unpaired) electrons. The smallest absolute Gasteiger partial charge is 0.550 e. The van der Waals surface area contributed by atoms with Gasteiger partial charge >= 0.3 is 19.5 Å². The van der Waals surface area contributed by atoms with E-state index in [0.29, 0.717) is 0 Å². The molecular formula is C57H48O4P2Ru. The summed E-state index contributed by atoms with van der Waals surface area (Å²) in [5.41, 5.74) is 15.7. The number of carboxylic acid groups (broad SMARTS) is 2. The molecule has 7 heteroatoms. The van der Waals surface area contributed by atoms with Gasteiger partial charge in [0.2, 0.25) is 0 Å². The van der Waals surface area contributed by atoms with Crippen molar-refractivity contribution in [2.45, 2.75) is 47.0 Å². The largest absolute Gasteiger partial charge is 2.00 e. The van der Waals surface area contributed by atoms with Crippen LogP contribution < -0.4 is 42.0 Å². The molecule has 0 heterocycles. The van der Waals surface area contributed by atoms with E-state index in [9.17, 15) is 0 Å². The van der Waals surface area contributed by atoms with E-state index in [1.54, 1.807) is 0 Å². The molecule has 8 aromatic carbocycles. The summed E-state index contributed by atoms with van der Waals surface area (Å²) < 4.78 is 0. The quantitative estimate of drug-likeness (QED) is 0.124. The summed E-state index contributed by atoms with van der Waals surface area (Å²) in [4.78, 5) is 17.8. The number of carbonyl (C=O) groups is 2. The summed E-state index contributed by atoms with van der Waals surface area (Å²) in [6, 6.07) is 70.4. The van der Waals surface area contributed by atoms with Gasteiger partial charge in [-0.3, -0.25) is 0 Å². The Labute approximate surface area is 392 Å². The van der Waals surface area contributed by atoms with Gasteiger partial charge in [-0.1, -0.05) is 204 Å². The van der Waals surface area contributed by atoms with Crippen molar-refractivity contribution >= 4 is 59.6 Å². The second kappa shape index (κ2) is 19.5. The Morgan fingerprint density at radius 2 is 0.625 bits per heavy atom. The minimum atomic E-state index is -1.08. The average molecular weight is 960 g/mol. The molecular weight excluding hydrogens is 912 g/mol. The first-order valence-corrected chi connectivity index (χ1v) is 23.8. The van der Waals surface area contributed by atoms with Crippen molar-refractivity contribution in [2.75, 3.05) is 0 Å². The molecule has 2 aliphatic rings. The molecule has 0 saturated carbocycles. The van der Waals surface area contributed by atoms with Crippen LogP contribution in [0.3, 0.4) is 0 Å². The summed E-state index contributed by atoms with van der Waals surface area (Å²) in [5.74, 6) is -2.17. The van der Waals surface area contributed by atoms with E-state index in [2.05, 4.69) is 210 Å². The third kappa shape index (κ3) is 8.71. The normalized spacial score (nSPS) is 12.1. The Morgan fingerprint density at radius 1 is 0.375 bits per heavy atom. The first kappa shape index (κ1) is 46.2.